The summed E-state index contributed by atoms with van der Waals surface area (Å²) in [5, 5.41) is 11.7. The zero-order chi connectivity index (χ0) is 19.5. The van der Waals surface area contributed by atoms with Gasteiger partial charge in [-0.25, -0.2) is 8.78 Å². The van der Waals surface area contributed by atoms with Gasteiger partial charge in [0.15, 0.2) is 0 Å². The van der Waals surface area contributed by atoms with Gasteiger partial charge in [0.2, 0.25) is 5.91 Å². The number of halogens is 2. The minimum atomic E-state index is -3.11. The van der Waals surface area contributed by atoms with Crippen molar-refractivity contribution in [1.29, 1.82) is 5.26 Å². The number of benzene rings is 1. The highest BCUT2D eigenvalue weighted by atomic mass is 19.3. The third kappa shape index (κ3) is 4.10. The summed E-state index contributed by atoms with van der Waals surface area (Å²) >= 11 is 0. The lowest BCUT2D eigenvalue weighted by Crippen LogP contribution is -2.52. The fraction of sp³-hybridized carbons (Fsp3) is 0.500. The fourth-order valence-corrected chi connectivity index (χ4v) is 2.91. The first-order valence-corrected chi connectivity index (χ1v) is 8.22. The summed E-state index contributed by atoms with van der Waals surface area (Å²) in [6, 6.07) is 6.00. The van der Waals surface area contributed by atoms with Crippen LogP contribution in [0.1, 0.15) is 30.6 Å². The fourth-order valence-electron chi connectivity index (χ4n) is 2.91. The maximum absolute atomic E-state index is 13.6. The molecule has 2 amide bonds. The molecule has 0 unspecified atom stereocenters. The Morgan fingerprint density at radius 1 is 1.38 bits per heavy atom. The number of likely N-dealkylation sites (tertiary alicyclic amines) is 1. The number of para-hydroxylation sites is 1. The number of nitriles is 1. The van der Waals surface area contributed by atoms with Crippen molar-refractivity contribution >= 4 is 11.8 Å². The Morgan fingerprint density at radius 2 is 2.04 bits per heavy atom. The zero-order valence-electron chi connectivity index (χ0n) is 14.8. The van der Waals surface area contributed by atoms with E-state index in [0.717, 1.165) is 4.90 Å². The molecule has 0 bridgehead atoms. The molecule has 0 radical (unpaired) electrons. The number of nitrogens with one attached hydrogen (secondary N) is 1. The Labute approximate surface area is 150 Å². The average Bonchev–Trinajstić information content (AvgIpc) is 2.93. The van der Waals surface area contributed by atoms with Gasteiger partial charge in [-0.1, -0.05) is 26.0 Å². The van der Waals surface area contributed by atoms with E-state index in [-0.39, 0.29) is 11.5 Å². The third-order valence-electron chi connectivity index (χ3n) is 4.27. The second kappa shape index (κ2) is 7.68. The lowest BCUT2D eigenvalue weighted by atomic mass is 10.0. The van der Waals surface area contributed by atoms with Crippen molar-refractivity contribution in [2.45, 2.75) is 38.3 Å². The lowest BCUT2D eigenvalue weighted by molar-refractivity contribution is -0.135. The standard InChI is InChI=1S/C18H21F2N3O3/c1-11(2)15(17(25)23-10-18(19,20)8-12(23)9-21)22-16(24)13-6-4-5-7-14(13)26-3/h4-7,11-12,15H,8,10H2,1-3H3,(H,22,24)/t12-,15-/m0/s1. The van der Waals surface area contributed by atoms with Crippen LogP contribution in [0.25, 0.3) is 0 Å². The Bertz CT molecular complexity index is 731. The van der Waals surface area contributed by atoms with Crippen LogP contribution in [0.5, 0.6) is 5.75 Å². The molecule has 0 spiro atoms. The molecule has 0 saturated carbocycles. The van der Waals surface area contributed by atoms with Crippen LogP contribution in [-0.4, -0.2) is 48.4 Å². The molecule has 140 valence electrons. The normalized spacial score (nSPS) is 19.7. The molecule has 1 heterocycles. The number of amides is 2. The van der Waals surface area contributed by atoms with Crippen LogP contribution in [0.15, 0.2) is 24.3 Å². The highest BCUT2D eigenvalue weighted by Crippen LogP contribution is 2.32. The maximum Gasteiger partial charge on any atom is 0.268 e. The van der Waals surface area contributed by atoms with Gasteiger partial charge in [0.05, 0.1) is 25.3 Å². The monoisotopic (exact) mass is 365 g/mol. The molecular formula is C18H21F2N3O3. The molecule has 2 rings (SSSR count). The van der Waals surface area contributed by atoms with Gasteiger partial charge in [-0.15, -0.1) is 0 Å². The molecule has 0 aromatic heterocycles. The van der Waals surface area contributed by atoms with E-state index in [9.17, 15) is 18.4 Å². The van der Waals surface area contributed by atoms with Gasteiger partial charge in [-0.2, -0.15) is 5.26 Å². The summed E-state index contributed by atoms with van der Waals surface area (Å²) < 4.78 is 32.4. The van der Waals surface area contributed by atoms with Gasteiger partial charge in [-0.3, -0.25) is 9.59 Å². The second-order valence-corrected chi connectivity index (χ2v) is 6.57. The number of hydrogen-bond acceptors (Lipinski definition) is 4. The molecular weight excluding hydrogens is 344 g/mol. The number of carbonyl (C=O) groups excluding carboxylic acids is 2. The third-order valence-corrected chi connectivity index (χ3v) is 4.27. The van der Waals surface area contributed by atoms with E-state index in [1.165, 1.54) is 13.2 Å². The van der Waals surface area contributed by atoms with Crippen LogP contribution < -0.4 is 10.1 Å². The number of alkyl halides is 2. The number of methoxy groups -OCH3 is 1. The number of hydrogen-bond donors (Lipinski definition) is 1. The summed E-state index contributed by atoms with van der Waals surface area (Å²) in [7, 11) is 1.42. The van der Waals surface area contributed by atoms with Crippen LogP contribution in [0, 0.1) is 17.2 Å². The molecule has 8 heteroatoms. The van der Waals surface area contributed by atoms with Crippen molar-refractivity contribution in [3.8, 4) is 11.8 Å². The van der Waals surface area contributed by atoms with E-state index in [1.807, 2.05) is 0 Å². The molecule has 1 aliphatic heterocycles. The van der Waals surface area contributed by atoms with E-state index in [0.29, 0.717) is 5.75 Å². The Kier molecular flexibility index (Phi) is 5.80. The number of rotatable bonds is 5. The van der Waals surface area contributed by atoms with E-state index in [2.05, 4.69) is 5.32 Å². The minimum absolute atomic E-state index is 0.233. The predicted molar refractivity (Wildman–Crippen MR) is 89.8 cm³/mol. The summed E-state index contributed by atoms with van der Waals surface area (Å²) in [5.41, 5.74) is 0.233. The molecule has 2 atom stereocenters. The Morgan fingerprint density at radius 3 is 2.62 bits per heavy atom. The van der Waals surface area contributed by atoms with Gasteiger partial charge < -0.3 is 15.0 Å². The first-order valence-electron chi connectivity index (χ1n) is 8.22. The van der Waals surface area contributed by atoms with Crippen molar-refractivity contribution in [3.63, 3.8) is 0 Å². The quantitative estimate of drug-likeness (QED) is 0.867. The highest BCUT2D eigenvalue weighted by Gasteiger charge is 2.49. The molecule has 6 nitrogen and oxygen atoms in total. The van der Waals surface area contributed by atoms with Crippen molar-refractivity contribution in [2.24, 2.45) is 5.92 Å². The van der Waals surface area contributed by atoms with Crippen molar-refractivity contribution in [2.75, 3.05) is 13.7 Å². The SMILES string of the molecule is COc1ccccc1C(=O)N[C@H](C(=O)N1CC(F)(F)C[C@H]1C#N)C(C)C. The molecule has 1 aromatic rings. The van der Waals surface area contributed by atoms with Gasteiger partial charge in [0.1, 0.15) is 17.8 Å². The van der Waals surface area contributed by atoms with Gasteiger partial charge in [0, 0.05) is 6.42 Å². The highest BCUT2D eigenvalue weighted by molar-refractivity contribution is 5.99. The smallest absolute Gasteiger partial charge is 0.268 e. The molecule has 1 aliphatic rings. The number of carbonyl (C=O) groups is 2. The van der Waals surface area contributed by atoms with Gasteiger partial charge in [0.25, 0.3) is 11.8 Å². The van der Waals surface area contributed by atoms with Crippen LogP contribution in [0.2, 0.25) is 0 Å². The molecule has 1 aromatic carbocycles. The van der Waals surface area contributed by atoms with Crippen LogP contribution in [0.3, 0.4) is 0 Å². The molecule has 26 heavy (non-hydrogen) atoms. The summed E-state index contributed by atoms with van der Waals surface area (Å²) in [4.78, 5) is 26.2. The second-order valence-electron chi connectivity index (χ2n) is 6.57. The van der Waals surface area contributed by atoms with Gasteiger partial charge >= 0.3 is 0 Å². The Hall–Kier alpha value is -2.69. The van der Waals surface area contributed by atoms with Gasteiger partial charge in [-0.05, 0) is 18.1 Å². The summed E-state index contributed by atoms with van der Waals surface area (Å²) in [6.45, 7) is 2.57. The van der Waals surface area contributed by atoms with Crippen molar-refractivity contribution < 1.29 is 23.1 Å². The van der Waals surface area contributed by atoms with Crippen LogP contribution in [0.4, 0.5) is 8.78 Å². The summed E-state index contributed by atoms with van der Waals surface area (Å²) in [5.74, 6) is -4.36. The summed E-state index contributed by atoms with van der Waals surface area (Å²) in [6.07, 6.45) is -0.694. The lowest BCUT2D eigenvalue weighted by Gasteiger charge is -2.28. The van der Waals surface area contributed by atoms with E-state index < -0.39 is 42.8 Å². The van der Waals surface area contributed by atoms with Crippen LogP contribution >= 0.6 is 0 Å². The van der Waals surface area contributed by atoms with Crippen LogP contribution in [-0.2, 0) is 4.79 Å². The number of nitrogens with zero attached hydrogens (tertiary/aromatic N) is 2. The first-order chi connectivity index (χ1) is 12.2. The largest absolute Gasteiger partial charge is 0.496 e. The number of ether oxygens (including phenoxy) is 1. The molecule has 1 N–H and O–H groups in total. The molecule has 1 saturated heterocycles. The maximum atomic E-state index is 13.6. The topological polar surface area (TPSA) is 82.4 Å². The van der Waals surface area contributed by atoms with E-state index >= 15 is 0 Å². The molecule has 0 aliphatic carbocycles. The zero-order valence-corrected chi connectivity index (χ0v) is 14.8. The Balaban J connectivity index is 2.22. The average molecular weight is 365 g/mol. The van der Waals surface area contributed by atoms with Crippen molar-refractivity contribution in [1.82, 2.24) is 10.2 Å². The van der Waals surface area contributed by atoms with E-state index in [1.54, 1.807) is 38.1 Å². The first kappa shape index (κ1) is 19.6. The van der Waals surface area contributed by atoms with E-state index in [4.69, 9.17) is 10.00 Å². The van der Waals surface area contributed by atoms with Crippen molar-refractivity contribution in [3.05, 3.63) is 29.8 Å². The minimum Gasteiger partial charge on any atom is -0.496 e. The predicted octanol–water partition coefficient (Wildman–Crippen LogP) is 2.21. The molecule has 1 fully saturated rings.